The molecule has 1 aliphatic heterocycles. The van der Waals surface area contributed by atoms with Crippen LogP contribution in [-0.2, 0) is 0 Å². The quantitative estimate of drug-likeness (QED) is 0.201. The van der Waals surface area contributed by atoms with E-state index >= 15 is 0 Å². The molecular weight excluding hydrogens is 544 g/mol. The second-order valence-corrected chi connectivity index (χ2v) is 10.7. The number of carbonyl (C=O) groups is 2. The molecule has 0 unspecified atom stereocenters. The van der Waals surface area contributed by atoms with Gasteiger partial charge in [0.15, 0.2) is 0 Å². The number of fused-ring (bicyclic) bond motifs is 4. The van der Waals surface area contributed by atoms with E-state index in [9.17, 15) is 14.9 Å². The summed E-state index contributed by atoms with van der Waals surface area (Å²) in [5.41, 5.74) is 7.95. The fourth-order valence-corrected chi connectivity index (χ4v) is 6.21. The van der Waals surface area contributed by atoms with Crippen molar-refractivity contribution in [2.24, 2.45) is 0 Å². The molecule has 3 heterocycles. The molecule has 7 aromatic rings. The van der Waals surface area contributed by atoms with Gasteiger partial charge in [-0.05, 0) is 65.2 Å². The molecule has 2 amide bonds. The highest BCUT2D eigenvalue weighted by molar-refractivity contribution is 6.36. The predicted molar refractivity (Wildman–Crippen MR) is 172 cm³/mol. The van der Waals surface area contributed by atoms with Crippen LogP contribution < -0.4 is 4.90 Å². The number of anilines is 1. The molecule has 0 fully saturated rings. The number of nitrogens with zero attached hydrogens (tertiary/aromatic N) is 4. The van der Waals surface area contributed by atoms with Gasteiger partial charge in [0, 0.05) is 28.7 Å². The third-order valence-corrected chi connectivity index (χ3v) is 8.22. The van der Waals surface area contributed by atoms with Gasteiger partial charge < -0.3 is 4.57 Å². The standard InChI is InChI=1S/C38H22N4O2/c39-21-24-18-28(23-40-22-24)27-16-17-34-32(20-27)30-12-4-5-14-33(30)42(34)35-15-7-13-31-36(35)38(44)41(37(31)43)29-11-6-10-26(19-29)25-8-2-1-3-9-25/h1-20,22-23H. The van der Waals surface area contributed by atoms with E-state index < -0.39 is 0 Å². The van der Waals surface area contributed by atoms with Crippen LogP contribution in [0.25, 0.3) is 49.7 Å². The van der Waals surface area contributed by atoms with Gasteiger partial charge in [0.05, 0.1) is 39.1 Å². The van der Waals surface area contributed by atoms with Gasteiger partial charge in [0.1, 0.15) is 6.07 Å². The Balaban J connectivity index is 1.29. The van der Waals surface area contributed by atoms with Gasteiger partial charge in [0.2, 0.25) is 0 Å². The summed E-state index contributed by atoms with van der Waals surface area (Å²) in [6, 6.07) is 41.0. The third kappa shape index (κ3) is 3.84. The van der Waals surface area contributed by atoms with Crippen LogP contribution in [0.15, 0.2) is 134 Å². The van der Waals surface area contributed by atoms with Crippen molar-refractivity contribution in [1.82, 2.24) is 9.55 Å². The number of benzene rings is 5. The summed E-state index contributed by atoms with van der Waals surface area (Å²) in [5.74, 6) is -0.697. The molecule has 6 heteroatoms. The van der Waals surface area contributed by atoms with Crippen molar-refractivity contribution in [2.75, 3.05) is 4.90 Å². The Morgan fingerprint density at radius 2 is 1.34 bits per heavy atom. The van der Waals surface area contributed by atoms with Crippen molar-refractivity contribution in [3.8, 4) is 34.0 Å². The van der Waals surface area contributed by atoms with E-state index in [1.807, 2.05) is 97.1 Å². The lowest BCUT2D eigenvalue weighted by Gasteiger charge is -2.16. The lowest BCUT2D eigenvalue weighted by atomic mass is 10.0. The molecule has 6 nitrogen and oxygen atoms in total. The van der Waals surface area contributed by atoms with Crippen LogP contribution in [0.2, 0.25) is 0 Å². The topological polar surface area (TPSA) is 79.0 Å². The SMILES string of the molecule is N#Cc1cncc(-c2ccc3c(c2)c2ccccc2n3-c2cccc3c2C(=O)N(c2cccc(-c4ccccc4)c2)C3=O)c1. The molecule has 8 rings (SSSR count). The zero-order valence-electron chi connectivity index (χ0n) is 23.3. The predicted octanol–water partition coefficient (Wildman–Crippen LogP) is 8.18. The van der Waals surface area contributed by atoms with Crippen molar-refractivity contribution in [3.63, 3.8) is 0 Å². The Morgan fingerprint density at radius 1 is 0.591 bits per heavy atom. The minimum absolute atomic E-state index is 0.343. The minimum Gasteiger partial charge on any atom is -0.308 e. The van der Waals surface area contributed by atoms with Gasteiger partial charge in [-0.25, -0.2) is 4.90 Å². The number of pyridine rings is 1. The fourth-order valence-electron chi connectivity index (χ4n) is 6.21. The lowest BCUT2D eigenvalue weighted by molar-refractivity contribution is 0.0926. The second-order valence-electron chi connectivity index (χ2n) is 10.7. The summed E-state index contributed by atoms with van der Waals surface area (Å²) in [4.78, 5) is 33.5. The number of amides is 2. The summed E-state index contributed by atoms with van der Waals surface area (Å²) in [6.45, 7) is 0. The zero-order valence-corrected chi connectivity index (χ0v) is 23.3. The Labute approximate surface area is 252 Å². The molecule has 44 heavy (non-hydrogen) atoms. The van der Waals surface area contributed by atoms with Crippen molar-refractivity contribution in [2.45, 2.75) is 0 Å². The average molecular weight is 567 g/mol. The van der Waals surface area contributed by atoms with E-state index in [0.29, 0.717) is 28.1 Å². The molecule has 0 N–H and O–H groups in total. The van der Waals surface area contributed by atoms with Gasteiger partial charge in [-0.1, -0.05) is 72.8 Å². The normalized spacial score (nSPS) is 12.6. The number of nitriles is 1. The van der Waals surface area contributed by atoms with Gasteiger partial charge in [-0.15, -0.1) is 0 Å². The Hall–Kier alpha value is -6.32. The smallest absolute Gasteiger partial charge is 0.268 e. The van der Waals surface area contributed by atoms with Crippen molar-refractivity contribution in [3.05, 3.63) is 150 Å². The molecule has 1 aliphatic rings. The summed E-state index contributed by atoms with van der Waals surface area (Å²) in [6.07, 6.45) is 3.29. The van der Waals surface area contributed by atoms with Crippen LogP contribution in [0.1, 0.15) is 26.3 Å². The monoisotopic (exact) mass is 566 g/mol. The van der Waals surface area contributed by atoms with Crippen LogP contribution in [0, 0.1) is 11.3 Å². The fraction of sp³-hybridized carbons (Fsp3) is 0. The van der Waals surface area contributed by atoms with E-state index in [4.69, 9.17) is 0 Å². The molecule has 5 aromatic carbocycles. The highest BCUT2D eigenvalue weighted by atomic mass is 16.2. The molecule has 0 spiro atoms. The van der Waals surface area contributed by atoms with E-state index in [1.165, 1.54) is 4.90 Å². The van der Waals surface area contributed by atoms with Gasteiger partial charge in [-0.3, -0.25) is 14.6 Å². The summed E-state index contributed by atoms with van der Waals surface area (Å²) in [5, 5.41) is 11.4. The molecule has 0 saturated heterocycles. The van der Waals surface area contributed by atoms with Gasteiger partial charge in [-0.2, -0.15) is 5.26 Å². The second kappa shape index (κ2) is 9.90. The first kappa shape index (κ1) is 25.4. The van der Waals surface area contributed by atoms with Gasteiger partial charge >= 0.3 is 0 Å². The minimum atomic E-state index is -0.354. The van der Waals surface area contributed by atoms with Crippen molar-refractivity contribution < 1.29 is 9.59 Å². The molecule has 0 bridgehead atoms. The highest BCUT2D eigenvalue weighted by Crippen LogP contribution is 2.39. The number of para-hydroxylation sites is 1. The van der Waals surface area contributed by atoms with Gasteiger partial charge in [0.25, 0.3) is 11.8 Å². The highest BCUT2D eigenvalue weighted by Gasteiger charge is 2.39. The Kier molecular flexibility index (Phi) is 5.71. The number of carbonyl (C=O) groups excluding carboxylic acids is 2. The third-order valence-electron chi connectivity index (χ3n) is 8.22. The summed E-state index contributed by atoms with van der Waals surface area (Å²) < 4.78 is 2.06. The van der Waals surface area contributed by atoms with Crippen LogP contribution in [-0.4, -0.2) is 21.4 Å². The molecule has 0 atom stereocenters. The number of aromatic nitrogens is 2. The zero-order chi connectivity index (χ0) is 29.8. The maximum atomic E-state index is 14.2. The van der Waals surface area contributed by atoms with E-state index in [2.05, 4.69) is 27.8 Å². The van der Waals surface area contributed by atoms with Crippen molar-refractivity contribution in [1.29, 1.82) is 5.26 Å². The number of imide groups is 1. The molecule has 2 aromatic heterocycles. The lowest BCUT2D eigenvalue weighted by Crippen LogP contribution is -2.29. The molecule has 0 aliphatic carbocycles. The van der Waals surface area contributed by atoms with E-state index in [-0.39, 0.29) is 11.8 Å². The van der Waals surface area contributed by atoms with Crippen LogP contribution in [0.4, 0.5) is 5.69 Å². The van der Waals surface area contributed by atoms with Crippen LogP contribution >= 0.6 is 0 Å². The number of hydrogen-bond donors (Lipinski definition) is 0. The summed E-state index contributed by atoms with van der Waals surface area (Å²) in [7, 11) is 0. The Morgan fingerprint density at radius 3 is 2.20 bits per heavy atom. The average Bonchev–Trinajstić information content (AvgIpc) is 3.55. The van der Waals surface area contributed by atoms with E-state index in [1.54, 1.807) is 24.5 Å². The van der Waals surface area contributed by atoms with E-state index in [0.717, 1.165) is 44.1 Å². The Bertz CT molecular complexity index is 2350. The first-order valence-electron chi connectivity index (χ1n) is 14.2. The number of rotatable bonds is 4. The van der Waals surface area contributed by atoms with Crippen LogP contribution in [0.3, 0.4) is 0 Å². The number of hydrogen-bond acceptors (Lipinski definition) is 4. The van der Waals surface area contributed by atoms with Crippen molar-refractivity contribution >= 4 is 39.3 Å². The molecular formula is C38H22N4O2. The molecule has 0 radical (unpaired) electrons. The molecule has 0 saturated carbocycles. The molecule has 206 valence electrons. The first-order chi connectivity index (χ1) is 21.6. The van der Waals surface area contributed by atoms with Crippen LogP contribution in [0.5, 0.6) is 0 Å². The largest absolute Gasteiger partial charge is 0.308 e. The maximum absolute atomic E-state index is 14.2. The first-order valence-corrected chi connectivity index (χ1v) is 14.2. The summed E-state index contributed by atoms with van der Waals surface area (Å²) >= 11 is 0. The maximum Gasteiger partial charge on any atom is 0.268 e.